The molecule has 6 heteroatoms. The second kappa shape index (κ2) is 8.58. The highest BCUT2D eigenvalue weighted by Crippen LogP contribution is 2.18. The van der Waals surface area contributed by atoms with E-state index in [2.05, 4.69) is 29.1 Å². The number of rotatable bonds is 6. The zero-order valence-electron chi connectivity index (χ0n) is 15.3. The van der Waals surface area contributed by atoms with Crippen LogP contribution in [0.5, 0.6) is 0 Å². The van der Waals surface area contributed by atoms with Gasteiger partial charge in [-0.25, -0.2) is 0 Å². The molecule has 1 aliphatic heterocycles. The van der Waals surface area contributed by atoms with E-state index < -0.39 is 0 Å². The van der Waals surface area contributed by atoms with Crippen LogP contribution in [0.3, 0.4) is 0 Å². The Morgan fingerprint density at radius 2 is 1.88 bits per heavy atom. The number of likely N-dealkylation sites (N-methyl/N-ethyl adjacent to an activating group) is 1. The third-order valence-corrected chi connectivity index (χ3v) is 5.75. The second-order valence-corrected chi connectivity index (χ2v) is 7.69. The lowest BCUT2D eigenvalue weighted by molar-refractivity contribution is 0.0876. The molecule has 0 spiro atoms. The number of benzene rings is 1. The summed E-state index contributed by atoms with van der Waals surface area (Å²) < 4.78 is 0. The number of carbonyl (C=O) groups is 2. The maximum Gasteiger partial charge on any atom is 0.256 e. The summed E-state index contributed by atoms with van der Waals surface area (Å²) in [6.45, 7) is 6.30. The number of piperazine rings is 1. The molecule has 26 heavy (non-hydrogen) atoms. The van der Waals surface area contributed by atoms with Crippen molar-refractivity contribution >= 4 is 28.7 Å². The van der Waals surface area contributed by atoms with Crippen molar-refractivity contribution < 1.29 is 9.59 Å². The van der Waals surface area contributed by atoms with E-state index in [0.29, 0.717) is 23.4 Å². The van der Waals surface area contributed by atoms with Crippen LogP contribution in [0, 0.1) is 0 Å². The van der Waals surface area contributed by atoms with E-state index in [9.17, 15) is 9.59 Å². The molecule has 2 heterocycles. The number of hydrogen-bond acceptors (Lipinski definition) is 5. The van der Waals surface area contributed by atoms with Crippen molar-refractivity contribution in [1.29, 1.82) is 0 Å². The third-order valence-electron chi connectivity index (χ3n) is 4.67. The minimum atomic E-state index is -0.135. The molecule has 1 saturated heterocycles. The van der Waals surface area contributed by atoms with Crippen LogP contribution in [0.15, 0.2) is 35.7 Å². The van der Waals surface area contributed by atoms with Gasteiger partial charge in [-0.15, -0.1) is 11.3 Å². The van der Waals surface area contributed by atoms with Crippen molar-refractivity contribution in [3.05, 3.63) is 51.7 Å². The molecule has 3 rings (SSSR count). The van der Waals surface area contributed by atoms with Gasteiger partial charge in [0.25, 0.3) is 5.91 Å². The molecule has 0 aliphatic carbocycles. The molecule has 1 fully saturated rings. The molecular formula is C20H25N3O2S. The highest BCUT2D eigenvalue weighted by Gasteiger charge is 2.18. The monoisotopic (exact) mass is 371 g/mol. The molecule has 1 amide bonds. The van der Waals surface area contributed by atoms with Gasteiger partial charge in [0.1, 0.15) is 0 Å². The SMILES string of the molecule is CCc1cc(C(=O)Nc2cccc(C(=O)CN3CCN(C)CC3)c2)cs1. The molecule has 2 aromatic rings. The Labute approximate surface area is 158 Å². The minimum absolute atomic E-state index is 0.0921. The van der Waals surface area contributed by atoms with Gasteiger partial charge in [-0.2, -0.15) is 0 Å². The highest BCUT2D eigenvalue weighted by molar-refractivity contribution is 7.10. The van der Waals surface area contributed by atoms with E-state index >= 15 is 0 Å². The minimum Gasteiger partial charge on any atom is -0.322 e. The summed E-state index contributed by atoms with van der Waals surface area (Å²) in [6.07, 6.45) is 0.925. The average Bonchev–Trinajstić information content (AvgIpc) is 3.13. The van der Waals surface area contributed by atoms with Gasteiger partial charge in [0.05, 0.1) is 12.1 Å². The second-order valence-electron chi connectivity index (χ2n) is 6.69. The standard InChI is InChI=1S/C20H25N3O2S/c1-3-18-12-16(14-26-18)20(25)21-17-6-4-5-15(11-17)19(24)13-23-9-7-22(2)8-10-23/h4-6,11-12,14H,3,7-10,13H2,1-2H3,(H,21,25). The summed E-state index contributed by atoms with van der Waals surface area (Å²) in [5.41, 5.74) is 1.96. The zero-order chi connectivity index (χ0) is 18.5. The molecule has 138 valence electrons. The Kier molecular flexibility index (Phi) is 6.19. The normalized spacial score (nSPS) is 15.8. The summed E-state index contributed by atoms with van der Waals surface area (Å²) in [5, 5.41) is 4.77. The van der Waals surface area contributed by atoms with Gasteiger partial charge in [-0.3, -0.25) is 14.5 Å². The number of nitrogens with zero attached hydrogens (tertiary/aromatic N) is 2. The van der Waals surface area contributed by atoms with Crippen LogP contribution in [0.1, 0.15) is 32.5 Å². The smallest absolute Gasteiger partial charge is 0.256 e. The molecule has 1 aliphatic rings. The predicted molar refractivity (Wildman–Crippen MR) is 106 cm³/mol. The van der Waals surface area contributed by atoms with Crippen molar-refractivity contribution in [2.75, 3.05) is 45.1 Å². The zero-order valence-corrected chi connectivity index (χ0v) is 16.1. The fourth-order valence-corrected chi connectivity index (χ4v) is 3.77. The molecule has 0 saturated carbocycles. The molecule has 0 atom stereocenters. The summed E-state index contributed by atoms with van der Waals surface area (Å²) in [6, 6.07) is 9.13. The molecule has 1 aromatic heterocycles. The van der Waals surface area contributed by atoms with Gasteiger partial charge in [-0.05, 0) is 31.7 Å². The van der Waals surface area contributed by atoms with E-state index in [1.54, 1.807) is 17.4 Å². The number of aryl methyl sites for hydroxylation is 1. The first-order chi connectivity index (χ1) is 12.5. The molecule has 1 aromatic carbocycles. The molecule has 0 unspecified atom stereocenters. The van der Waals surface area contributed by atoms with Gasteiger partial charge in [0.15, 0.2) is 5.78 Å². The van der Waals surface area contributed by atoms with E-state index in [4.69, 9.17) is 0 Å². The van der Waals surface area contributed by atoms with Gasteiger partial charge in [0, 0.05) is 47.7 Å². The Hall–Kier alpha value is -2.02. The molecule has 0 radical (unpaired) electrons. The maximum absolute atomic E-state index is 12.6. The first-order valence-corrected chi connectivity index (χ1v) is 9.86. The Morgan fingerprint density at radius 1 is 1.12 bits per heavy atom. The molecule has 1 N–H and O–H groups in total. The topological polar surface area (TPSA) is 52.7 Å². The van der Waals surface area contributed by atoms with Crippen molar-refractivity contribution in [1.82, 2.24) is 9.80 Å². The quantitative estimate of drug-likeness (QED) is 0.793. The van der Waals surface area contributed by atoms with Crippen LogP contribution in [-0.2, 0) is 6.42 Å². The van der Waals surface area contributed by atoms with Gasteiger partial charge in [-0.1, -0.05) is 19.1 Å². The van der Waals surface area contributed by atoms with Crippen LogP contribution in [-0.4, -0.2) is 61.3 Å². The number of ketones is 1. The number of Topliss-reactive ketones (excluding diaryl/α,β-unsaturated/α-hetero) is 1. The summed E-state index contributed by atoms with van der Waals surface area (Å²) in [7, 11) is 2.10. The highest BCUT2D eigenvalue weighted by atomic mass is 32.1. The van der Waals surface area contributed by atoms with Crippen LogP contribution in [0.2, 0.25) is 0 Å². The molecular weight excluding hydrogens is 346 g/mol. The van der Waals surface area contributed by atoms with E-state index in [1.165, 1.54) is 4.88 Å². The lowest BCUT2D eigenvalue weighted by Gasteiger charge is -2.31. The predicted octanol–water partition coefficient (Wildman–Crippen LogP) is 2.99. The number of amides is 1. The van der Waals surface area contributed by atoms with Crippen molar-refractivity contribution in [2.24, 2.45) is 0 Å². The fraction of sp³-hybridized carbons (Fsp3) is 0.400. The van der Waals surface area contributed by atoms with E-state index in [0.717, 1.165) is 32.6 Å². The van der Waals surface area contributed by atoms with Crippen LogP contribution >= 0.6 is 11.3 Å². The van der Waals surface area contributed by atoms with Crippen LogP contribution < -0.4 is 5.32 Å². The number of nitrogens with one attached hydrogen (secondary N) is 1. The first kappa shape index (κ1) is 18.8. The van der Waals surface area contributed by atoms with Crippen molar-refractivity contribution in [2.45, 2.75) is 13.3 Å². The van der Waals surface area contributed by atoms with E-state index in [1.807, 2.05) is 29.6 Å². The lowest BCUT2D eigenvalue weighted by atomic mass is 10.1. The number of anilines is 1. The average molecular weight is 372 g/mol. The summed E-state index contributed by atoms with van der Waals surface area (Å²) in [5.74, 6) is -0.0425. The molecule has 5 nitrogen and oxygen atoms in total. The molecule has 0 bridgehead atoms. The number of carbonyl (C=O) groups excluding carboxylic acids is 2. The van der Waals surface area contributed by atoms with Crippen molar-refractivity contribution in [3.63, 3.8) is 0 Å². The Bertz CT molecular complexity index is 779. The Balaban J connectivity index is 1.62. The van der Waals surface area contributed by atoms with Crippen LogP contribution in [0.25, 0.3) is 0 Å². The Morgan fingerprint density at radius 3 is 2.58 bits per heavy atom. The maximum atomic E-state index is 12.6. The summed E-state index contributed by atoms with van der Waals surface area (Å²) in [4.78, 5) is 30.6. The van der Waals surface area contributed by atoms with Crippen LogP contribution in [0.4, 0.5) is 5.69 Å². The van der Waals surface area contributed by atoms with E-state index in [-0.39, 0.29) is 11.7 Å². The van der Waals surface area contributed by atoms with Crippen molar-refractivity contribution in [3.8, 4) is 0 Å². The third kappa shape index (κ3) is 4.78. The number of hydrogen-bond donors (Lipinski definition) is 1. The number of thiophene rings is 1. The van der Waals surface area contributed by atoms with Gasteiger partial charge < -0.3 is 10.2 Å². The first-order valence-electron chi connectivity index (χ1n) is 8.98. The summed E-state index contributed by atoms with van der Waals surface area (Å²) >= 11 is 1.59. The lowest BCUT2D eigenvalue weighted by Crippen LogP contribution is -2.46. The van der Waals surface area contributed by atoms with Gasteiger partial charge in [0.2, 0.25) is 0 Å². The van der Waals surface area contributed by atoms with Gasteiger partial charge >= 0.3 is 0 Å². The largest absolute Gasteiger partial charge is 0.322 e. The fourth-order valence-electron chi connectivity index (χ4n) is 2.96.